The summed E-state index contributed by atoms with van der Waals surface area (Å²) in [5, 5.41) is 18.6. The average Bonchev–Trinajstić information content (AvgIpc) is 2.88. The minimum Gasteiger partial charge on any atom is -0.481 e. The Labute approximate surface area is 108 Å². The number of carbonyl (C=O) groups is 1. The zero-order valence-corrected chi connectivity index (χ0v) is 10.8. The lowest BCUT2D eigenvalue weighted by atomic mass is 10.3. The van der Waals surface area contributed by atoms with Crippen LogP contribution in [-0.4, -0.2) is 32.4 Å². The molecule has 0 amide bonds. The lowest BCUT2D eigenvalue weighted by Crippen LogP contribution is -2.06. The van der Waals surface area contributed by atoms with Gasteiger partial charge in [0.1, 0.15) is 0 Å². The topological polar surface area (TPSA) is 80.0 Å². The van der Waals surface area contributed by atoms with Crippen LogP contribution in [0.2, 0.25) is 0 Å². The van der Waals surface area contributed by atoms with Crippen LogP contribution in [0.3, 0.4) is 0 Å². The highest BCUT2D eigenvalue weighted by Gasteiger charge is 2.05. The van der Waals surface area contributed by atoms with Crippen LogP contribution in [0.15, 0.2) is 17.6 Å². The minimum atomic E-state index is -0.861. The molecule has 2 aromatic rings. The summed E-state index contributed by atoms with van der Waals surface area (Å²) in [6.07, 6.45) is 2.69. The molecule has 0 radical (unpaired) electrons. The highest BCUT2D eigenvalue weighted by atomic mass is 32.1. The number of rotatable bonds is 6. The van der Waals surface area contributed by atoms with E-state index in [2.05, 4.69) is 15.4 Å². The Morgan fingerprint density at radius 3 is 3.06 bits per heavy atom. The summed E-state index contributed by atoms with van der Waals surface area (Å²) in [6.45, 7) is 0.733. The van der Waals surface area contributed by atoms with Crippen molar-refractivity contribution in [1.29, 1.82) is 0 Å². The Hall–Kier alpha value is -1.89. The Morgan fingerprint density at radius 2 is 2.39 bits per heavy atom. The van der Waals surface area contributed by atoms with Gasteiger partial charge in [0.15, 0.2) is 5.13 Å². The Bertz CT molecular complexity index is 535. The highest BCUT2D eigenvalue weighted by Crippen LogP contribution is 2.15. The first-order chi connectivity index (χ1) is 8.63. The van der Waals surface area contributed by atoms with E-state index in [4.69, 9.17) is 5.11 Å². The third-order valence-electron chi connectivity index (χ3n) is 2.31. The molecule has 18 heavy (non-hydrogen) atoms. The SMILES string of the molecule is Cn1ccc(CCNc2nc(CC(=O)O)cs2)n1. The fourth-order valence-electron chi connectivity index (χ4n) is 1.52. The van der Waals surface area contributed by atoms with Crippen molar-refractivity contribution in [1.82, 2.24) is 14.8 Å². The molecule has 0 aromatic carbocycles. The van der Waals surface area contributed by atoms with Crippen LogP contribution in [-0.2, 0) is 24.7 Å². The number of carboxylic acids is 1. The van der Waals surface area contributed by atoms with Gasteiger partial charge in [0, 0.05) is 31.6 Å². The van der Waals surface area contributed by atoms with Crippen molar-refractivity contribution >= 4 is 22.4 Å². The third-order valence-corrected chi connectivity index (χ3v) is 3.16. The maximum absolute atomic E-state index is 10.5. The smallest absolute Gasteiger partial charge is 0.309 e. The second kappa shape index (κ2) is 5.63. The van der Waals surface area contributed by atoms with Crippen molar-refractivity contribution in [3.05, 3.63) is 29.0 Å². The van der Waals surface area contributed by atoms with E-state index in [1.165, 1.54) is 11.3 Å². The molecular weight excluding hydrogens is 252 g/mol. The molecular formula is C11H14N4O2S. The molecule has 96 valence electrons. The van der Waals surface area contributed by atoms with E-state index >= 15 is 0 Å². The number of aryl methyl sites for hydroxylation is 1. The van der Waals surface area contributed by atoms with Crippen LogP contribution >= 0.6 is 11.3 Å². The molecule has 0 saturated heterocycles. The molecule has 0 aliphatic carbocycles. The lowest BCUT2D eigenvalue weighted by Gasteiger charge is -1.99. The zero-order valence-electron chi connectivity index (χ0n) is 9.96. The summed E-state index contributed by atoms with van der Waals surface area (Å²) in [4.78, 5) is 14.7. The number of aromatic nitrogens is 3. The van der Waals surface area contributed by atoms with E-state index in [0.29, 0.717) is 5.69 Å². The minimum absolute atomic E-state index is 0.0293. The summed E-state index contributed by atoms with van der Waals surface area (Å²) in [7, 11) is 1.88. The van der Waals surface area contributed by atoms with Crippen LogP contribution in [0.1, 0.15) is 11.4 Å². The molecule has 0 saturated carbocycles. The first kappa shape index (κ1) is 12.6. The van der Waals surface area contributed by atoms with Crippen LogP contribution < -0.4 is 5.32 Å². The normalized spacial score (nSPS) is 10.5. The molecule has 2 rings (SSSR count). The molecule has 2 heterocycles. The summed E-state index contributed by atoms with van der Waals surface area (Å²) in [6, 6.07) is 1.97. The van der Waals surface area contributed by atoms with Crippen LogP contribution in [0.25, 0.3) is 0 Å². The van der Waals surface area contributed by atoms with E-state index in [1.807, 2.05) is 19.3 Å². The van der Waals surface area contributed by atoms with Gasteiger partial charge in [-0.1, -0.05) is 0 Å². The Balaban J connectivity index is 1.79. The standard InChI is InChI=1S/C11H14N4O2S/c1-15-5-3-8(14-15)2-4-12-11-13-9(7-18-11)6-10(16)17/h3,5,7H,2,4,6H2,1H3,(H,12,13)(H,16,17). The van der Waals surface area contributed by atoms with Gasteiger partial charge in [0.05, 0.1) is 17.8 Å². The maximum atomic E-state index is 10.5. The molecule has 6 nitrogen and oxygen atoms in total. The quantitative estimate of drug-likeness (QED) is 0.820. The number of carboxylic acid groups (broad SMARTS) is 1. The highest BCUT2D eigenvalue weighted by molar-refractivity contribution is 7.13. The van der Waals surface area contributed by atoms with Gasteiger partial charge >= 0.3 is 5.97 Å². The number of thiazole rings is 1. The molecule has 7 heteroatoms. The van der Waals surface area contributed by atoms with Gasteiger partial charge in [-0.3, -0.25) is 9.48 Å². The van der Waals surface area contributed by atoms with Gasteiger partial charge in [0.25, 0.3) is 0 Å². The predicted molar refractivity (Wildman–Crippen MR) is 68.9 cm³/mol. The average molecular weight is 266 g/mol. The first-order valence-electron chi connectivity index (χ1n) is 5.52. The van der Waals surface area contributed by atoms with Gasteiger partial charge in [-0.2, -0.15) is 5.10 Å². The van der Waals surface area contributed by atoms with E-state index < -0.39 is 5.97 Å². The van der Waals surface area contributed by atoms with Crippen LogP contribution in [0, 0.1) is 0 Å². The Morgan fingerprint density at radius 1 is 1.56 bits per heavy atom. The van der Waals surface area contributed by atoms with Gasteiger partial charge in [-0.05, 0) is 6.07 Å². The molecule has 0 bridgehead atoms. The molecule has 0 unspecified atom stereocenters. The zero-order chi connectivity index (χ0) is 13.0. The Kier molecular flexibility index (Phi) is 3.93. The monoisotopic (exact) mass is 266 g/mol. The van der Waals surface area contributed by atoms with E-state index in [9.17, 15) is 4.79 Å². The van der Waals surface area contributed by atoms with Crippen LogP contribution in [0.4, 0.5) is 5.13 Å². The second-order valence-corrected chi connectivity index (χ2v) is 4.73. The van der Waals surface area contributed by atoms with Crippen molar-refractivity contribution in [2.45, 2.75) is 12.8 Å². The summed E-state index contributed by atoms with van der Waals surface area (Å²) < 4.78 is 1.77. The first-order valence-corrected chi connectivity index (χ1v) is 6.40. The van der Waals surface area contributed by atoms with E-state index in [-0.39, 0.29) is 6.42 Å². The predicted octanol–water partition coefficient (Wildman–Crippen LogP) is 1.16. The fourth-order valence-corrected chi connectivity index (χ4v) is 2.26. The van der Waals surface area contributed by atoms with Gasteiger partial charge in [-0.25, -0.2) is 4.98 Å². The number of hydrogen-bond acceptors (Lipinski definition) is 5. The maximum Gasteiger partial charge on any atom is 0.309 e. The second-order valence-electron chi connectivity index (χ2n) is 3.87. The molecule has 2 N–H and O–H groups in total. The van der Waals surface area contributed by atoms with Crippen molar-refractivity contribution in [3.8, 4) is 0 Å². The van der Waals surface area contributed by atoms with Crippen molar-refractivity contribution in [3.63, 3.8) is 0 Å². The number of nitrogens with zero attached hydrogens (tertiary/aromatic N) is 3. The molecule has 0 aliphatic heterocycles. The van der Waals surface area contributed by atoms with Gasteiger partial charge in [-0.15, -0.1) is 11.3 Å². The summed E-state index contributed by atoms with van der Waals surface area (Å²) >= 11 is 1.42. The van der Waals surface area contributed by atoms with E-state index in [0.717, 1.165) is 23.8 Å². The molecule has 2 aromatic heterocycles. The van der Waals surface area contributed by atoms with Crippen molar-refractivity contribution < 1.29 is 9.90 Å². The largest absolute Gasteiger partial charge is 0.481 e. The van der Waals surface area contributed by atoms with Crippen LogP contribution in [0.5, 0.6) is 0 Å². The number of hydrogen-bond donors (Lipinski definition) is 2. The molecule has 0 fully saturated rings. The molecule has 0 aliphatic rings. The van der Waals surface area contributed by atoms with Gasteiger partial charge < -0.3 is 10.4 Å². The number of nitrogens with one attached hydrogen (secondary N) is 1. The summed E-state index contributed by atoms with van der Waals surface area (Å²) in [5.41, 5.74) is 1.61. The third kappa shape index (κ3) is 3.56. The number of aliphatic carboxylic acids is 1. The number of anilines is 1. The molecule has 0 atom stereocenters. The van der Waals surface area contributed by atoms with Crippen molar-refractivity contribution in [2.75, 3.05) is 11.9 Å². The van der Waals surface area contributed by atoms with Crippen molar-refractivity contribution in [2.24, 2.45) is 7.05 Å². The van der Waals surface area contributed by atoms with Gasteiger partial charge in [0.2, 0.25) is 0 Å². The lowest BCUT2D eigenvalue weighted by molar-refractivity contribution is -0.136. The molecule has 0 spiro atoms. The van der Waals surface area contributed by atoms with E-state index in [1.54, 1.807) is 10.1 Å². The fraction of sp³-hybridized carbons (Fsp3) is 0.364. The summed E-state index contributed by atoms with van der Waals surface area (Å²) in [5.74, 6) is -0.861.